The largest absolute Gasteiger partial charge is 0.357 e. The van der Waals surface area contributed by atoms with E-state index >= 15 is 0 Å². The molecule has 1 aliphatic heterocycles. The molecule has 0 aromatic heterocycles. The molecular formula is C8H17NO. The Labute approximate surface area is 63.0 Å². The maximum atomic E-state index is 5.00. The number of hydrogen-bond acceptors (Lipinski definition) is 2. The molecule has 0 spiro atoms. The highest BCUT2D eigenvalue weighted by Crippen LogP contribution is 2.04. The average molecular weight is 143 g/mol. The maximum absolute atomic E-state index is 5.00. The Kier molecular flexibility index (Phi) is 3.76. The van der Waals surface area contributed by atoms with E-state index in [9.17, 15) is 0 Å². The van der Waals surface area contributed by atoms with Gasteiger partial charge in [0.2, 0.25) is 0 Å². The van der Waals surface area contributed by atoms with Crippen molar-refractivity contribution in [2.45, 2.75) is 38.8 Å². The van der Waals surface area contributed by atoms with Gasteiger partial charge < -0.3 is 4.74 Å². The highest BCUT2D eigenvalue weighted by molar-refractivity contribution is 4.65. The first-order valence-corrected chi connectivity index (χ1v) is 4.28. The maximum Gasteiger partial charge on any atom is 0.132 e. The van der Waals surface area contributed by atoms with Crippen LogP contribution in [0.1, 0.15) is 32.6 Å². The Morgan fingerprint density at radius 1 is 1.40 bits per heavy atom. The first kappa shape index (κ1) is 8.02. The van der Waals surface area contributed by atoms with Gasteiger partial charge in [0.25, 0.3) is 0 Å². The minimum Gasteiger partial charge on any atom is -0.357 e. The van der Waals surface area contributed by atoms with Gasteiger partial charge in [-0.05, 0) is 13.0 Å². The number of nitrogens with one attached hydrogen (secondary N) is 1. The number of hydrogen-bond donors (Lipinski definition) is 1. The summed E-state index contributed by atoms with van der Waals surface area (Å²) in [6.45, 7) is 4.29. The molecule has 0 aliphatic carbocycles. The van der Waals surface area contributed by atoms with Crippen LogP contribution in [0.2, 0.25) is 0 Å². The van der Waals surface area contributed by atoms with Gasteiger partial charge in [-0.25, -0.2) is 0 Å². The van der Waals surface area contributed by atoms with E-state index in [2.05, 4.69) is 12.2 Å². The molecule has 1 rings (SSSR count). The van der Waals surface area contributed by atoms with Crippen molar-refractivity contribution in [1.82, 2.24) is 5.32 Å². The number of epoxide rings is 1. The molecule has 0 aromatic rings. The van der Waals surface area contributed by atoms with Crippen LogP contribution >= 0.6 is 0 Å². The fourth-order valence-electron chi connectivity index (χ4n) is 0.981. The Hall–Kier alpha value is -0.0800. The third-order valence-electron chi connectivity index (χ3n) is 1.74. The topological polar surface area (TPSA) is 24.6 Å². The summed E-state index contributed by atoms with van der Waals surface area (Å²) in [6, 6.07) is 0. The van der Waals surface area contributed by atoms with Crippen molar-refractivity contribution in [3.8, 4) is 0 Å². The van der Waals surface area contributed by atoms with Gasteiger partial charge in [0.15, 0.2) is 0 Å². The first-order chi connectivity index (χ1) is 4.93. The van der Waals surface area contributed by atoms with Crippen molar-refractivity contribution < 1.29 is 4.74 Å². The molecule has 0 bridgehead atoms. The van der Waals surface area contributed by atoms with Crippen molar-refractivity contribution in [3.05, 3.63) is 0 Å². The lowest BCUT2D eigenvalue weighted by molar-refractivity contribution is 0.367. The van der Waals surface area contributed by atoms with E-state index in [4.69, 9.17) is 4.74 Å². The molecule has 0 aromatic carbocycles. The van der Waals surface area contributed by atoms with E-state index in [0.29, 0.717) is 6.23 Å². The van der Waals surface area contributed by atoms with E-state index < -0.39 is 0 Å². The molecule has 0 saturated carbocycles. The van der Waals surface area contributed by atoms with Gasteiger partial charge in [-0.15, -0.1) is 0 Å². The summed E-state index contributed by atoms with van der Waals surface area (Å²) in [5.74, 6) is 0. The minimum absolute atomic E-state index is 0.404. The Balaban J connectivity index is 1.68. The lowest BCUT2D eigenvalue weighted by atomic mass is 10.2. The Morgan fingerprint density at radius 3 is 2.80 bits per heavy atom. The molecule has 1 N–H and O–H groups in total. The predicted octanol–water partition coefficient (Wildman–Crippen LogP) is 1.51. The summed E-state index contributed by atoms with van der Waals surface area (Å²) >= 11 is 0. The zero-order valence-electron chi connectivity index (χ0n) is 6.73. The second-order valence-corrected chi connectivity index (χ2v) is 2.84. The SMILES string of the molecule is CCCCCCNC1CO1. The summed E-state index contributed by atoms with van der Waals surface area (Å²) < 4.78 is 5.00. The van der Waals surface area contributed by atoms with E-state index in [1.54, 1.807) is 0 Å². The summed E-state index contributed by atoms with van der Waals surface area (Å²) in [4.78, 5) is 0. The summed E-state index contributed by atoms with van der Waals surface area (Å²) in [5.41, 5.74) is 0. The van der Waals surface area contributed by atoms with Gasteiger partial charge in [-0.2, -0.15) is 0 Å². The molecule has 60 valence electrons. The van der Waals surface area contributed by atoms with Gasteiger partial charge in [0.05, 0.1) is 6.61 Å². The van der Waals surface area contributed by atoms with Crippen LogP contribution in [0.3, 0.4) is 0 Å². The number of rotatable bonds is 6. The van der Waals surface area contributed by atoms with Crippen LogP contribution in [0.5, 0.6) is 0 Å². The van der Waals surface area contributed by atoms with Crippen LogP contribution in [-0.2, 0) is 4.74 Å². The first-order valence-electron chi connectivity index (χ1n) is 4.28. The molecule has 1 aliphatic rings. The number of ether oxygens (including phenoxy) is 1. The second-order valence-electron chi connectivity index (χ2n) is 2.84. The van der Waals surface area contributed by atoms with Crippen LogP contribution in [0.4, 0.5) is 0 Å². The molecule has 1 fully saturated rings. The number of unbranched alkanes of at least 4 members (excludes halogenated alkanes) is 3. The van der Waals surface area contributed by atoms with E-state index in [-0.39, 0.29) is 0 Å². The van der Waals surface area contributed by atoms with Crippen LogP contribution in [0.15, 0.2) is 0 Å². The quantitative estimate of drug-likeness (QED) is 0.450. The van der Waals surface area contributed by atoms with Gasteiger partial charge in [0, 0.05) is 0 Å². The molecule has 10 heavy (non-hydrogen) atoms. The molecule has 2 nitrogen and oxygen atoms in total. The monoisotopic (exact) mass is 143 g/mol. The Bertz CT molecular complexity index is 81.3. The smallest absolute Gasteiger partial charge is 0.132 e. The van der Waals surface area contributed by atoms with Crippen molar-refractivity contribution in [1.29, 1.82) is 0 Å². The minimum atomic E-state index is 0.404. The molecule has 0 amide bonds. The average Bonchev–Trinajstić information content (AvgIpc) is 2.71. The molecule has 2 heteroatoms. The zero-order chi connectivity index (χ0) is 7.23. The van der Waals surface area contributed by atoms with E-state index in [1.165, 1.54) is 25.7 Å². The fourth-order valence-corrected chi connectivity index (χ4v) is 0.981. The lowest BCUT2D eigenvalue weighted by Crippen LogP contribution is -2.18. The van der Waals surface area contributed by atoms with Crippen LogP contribution < -0.4 is 5.32 Å². The lowest BCUT2D eigenvalue weighted by Gasteiger charge is -1.98. The Morgan fingerprint density at radius 2 is 2.20 bits per heavy atom. The van der Waals surface area contributed by atoms with Crippen LogP contribution in [0.25, 0.3) is 0 Å². The molecule has 1 saturated heterocycles. The molecule has 1 atom stereocenters. The standard InChI is InChI=1S/C8H17NO/c1-2-3-4-5-6-9-8-7-10-8/h8-9H,2-7H2,1H3. The van der Waals surface area contributed by atoms with Gasteiger partial charge in [-0.3, -0.25) is 5.32 Å². The van der Waals surface area contributed by atoms with E-state index in [0.717, 1.165) is 13.2 Å². The summed E-state index contributed by atoms with van der Waals surface area (Å²) in [7, 11) is 0. The van der Waals surface area contributed by atoms with Crippen molar-refractivity contribution >= 4 is 0 Å². The predicted molar refractivity (Wildman–Crippen MR) is 41.9 cm³/mol. The third kappa shape index (κ3) is 3.85. The molecule has 1 heterocycles. The van der Waals surface area contributed by atoms with E-state index in [1.807, 2.05) is 0 Å². The van der Waals surface area contributed by atoms with Gasteiger partial charge in [-0.1, -0.05) is 26.2 Å². The van der Waals surface area contributed by atoms with Crippen molar-refractivity contribution in [2.75, 3.05) is 13.2 Å². The normalized spacial score (nSPS) is 23.1. The summed E-state index contributed by atoms with van der Waals surface area (Å²) in [5, 5.41) is 3.29. The zero-order valence-corrected chi connectivity index (χ0v) is 6.73. The highest BCUT2D eigenvalue weighted by atomic mass is 16.6. The van der Waals surface area contributed by atoms with Gasteiger partial charge >= 0.3 is 0 Å². The highest BCUT2D eigenvalue weighted by Gasteiger charge is 2.20. The molecule has 1 unspecified atom stereocenters. The second kappa shape index (κ2) is 4.69. The van der Waals surface area contributed by atoms with Crippen molar-refractivity contribution in [3.63, 3.8) is 0 Å². The summed E-state index contributed by atoms with van der Waals surface area (Å²) in [6.07, 6.45) is 5.75. The third-order valence-corrected chi connectivity index (χ3v) is 1.74. The van der Waals surface area contributed by atoms with Crippen LogP contribution in [0, 0.1) is 0 Å². The fraction of sp³-hybridized carbons (Fsp3) is 1.00. The molecule has 0 radical (unpaired) electrons. The van der Waals surface area contributed by atoms with Crippen molar-refractivity contribution in [2.24, 2.45) is 0 Å². The molecular weight excluding hydrogens is 126 g/mol. The van der Waals surface area contributed by atoms with Gasteiger partial charge in [0.1, 0.15) is 6.23 Å². The van der Waals surface area contributed by atoms with Crippen LogP contribution in [-0.4, -0.2) is 19.4 Å².